The van der Waals surface area contributed by atoms with Crippen LogP contribution < -0.4 is 0 Å². The molecule has 10 rings (SSSR count). The molecule has 0 saturated carbocycles. The van der Waals surface area contributed by atoms with Crippen LogP contribution in [0.5, 0.6) is 0 Å². The zero-order chi connectivity index (χ0) is 31.6. The van der Waals surface area contributed by atoms with Crippen LogP contribution in [0.15, 0.2) is 164 Å². The summed E-state index contributed by atoms with van der Waals surface area (Å²) in [6, 6.07) is 56.2. The summed E-state index contributed by atoms with van der Waals surface area (Å²) < 4.78 is 0. The van der Waals surface area contributed by atoms with Gasteiger partial charge in [0, 0.05) is 38.7 Å². The second kappa shape index (κ2) is 10.5. The van der Waals surface area contributed by atoms with Crippen molar-refractivity contribution in [3.05, 3.63) is 164 Å². The van der Waals surface area contributed by atoms with Crippen molar-refractivity contribution in [1.29, 1.82) is 0 Å². The molecule has 0 bridgehead atoms. The smallest absolute Gasteiger partial charge is 0.0893 e. The number of rotatable bonds is 3. The molecule has 3 heteroatoms. The Hall–Kier alpha value is -6.45. The summed E-state index contributed by atoms with van der Waals surface area (Å²) >= 11 is 0. The van der Waals surface area contributed by atoms with Gasteiger partial charge in [0.2, 0.25) is 0 Å². The highest BCUT2D eigenvalue weighted by molar-refractivity contribution is 6.23. The first-order valence-corrected chi connectivity index (χ1v) is 16.3. The zero-order valence-electron chi connectivity index (χ0n) is 25.9. The maximum Gasteiger partial charge on any atom is 0.0893 e. The molecule has 0 radical (unpaired) electrons. The summed E-state index contributed by atoms with van der Waals surface area (Å²) in [6.45, 7) is 0. The lowest BCUT2D eigenvalue weighted by Crippen LogP contribution is -1.93. The number of fused-ring (bicyclic) bond motifs is 8. The average Bonchev–Trinajstić information content (AvgIpc) is 3.16. The molecule has 7 aromatic carbocycles. The standard InChI is InChI=1S/C45H27N3/c1-5-13-35-28(9-1)18-21-37-43(38-22-19-29-10-2-6-14-36(29)45(38)48-44(35)37)39-26-33(25-32-11-3-4-12-34(32)39)31-17-16-30-20-23-41(47-42(30)27-31)40-15-7-8-24-46-40/h1-27H. The van der Waals surface area contributed by atoms with Crippen molar-refractivity contribution in [2.45, 2.75) is 0 Å². The number of nitrogens with zero attached hydrogens (tertiary/aromatic N) is 3. The van der Waals surface area contributed by atoms with E-state index >= 15 is 0 Å². The van der Waals surface area contributed by atoms with Crippen LogP contribution in [0, 0.1) is 0 Å². The van der Waals surface area contributed by atoms with Crippen LogP contribution in [0.1, 0.15) is 0 Å². The minimum atomic E-state index is 0.869. The molecule has 48 heavy (non-hydrogen) atoms. The molecule has 0 spiro atoms. The fourth-order valence-electron chi connectivity index (χ4n) is 7.34. The number of aromatic nitrogens is 3. The van der Waals surface area contributed by atoms with Crippen LogP contribution in [0.3, 0.4) is 0 Å². The van der Waals surface area contributed by atoms with Crippen molar-refractivity contribution < 1.29 is 0 Å². The zero-order valence-corrected chi connectivity index (χ0v) is 25.9. The Morgan fingerprint density at radius 2 is 0.979 bits per heavy atom. The third kappa shape index (κ3) is 4.18. The summed E-state index contributed by atoms with van der Waals surface area (Å²) in [4.78, 5) is 15.0. The van der Waals surface area contributed by atoms with Gasteiger partial charge >= 0.3 is 0 Å². The third-order valence-electron chi connectivity index (χ3n) is 9.65. The monoisotopic (exact) mass is 609 g/mol. The minimum Gasteiger partial charge on any atom is -0.255 e. The average molecular weight is 610 g/mol. The summed E-state index contributed by atoms with van der Waals surface area (Å²) in [5.74, 6) is 0. The van der Waals surface area contributed by atoms with E-state index in [1.54, 1.807) is 0 Å². The SMILES string of the molecule is c1ccc(-c2ccc3ccc(-c4cc(-c5c6ccc7ccccc7c6nc6c5ccc5ccccc56)c5ccccc5c4)cc3n2)nc1. The Balaban J connectivity index is 1.29. The van der Waals surface area contributed by atoms with Crippen molar-refractivity contribution in [1.82, 2.24) is 15.0 Å². The molecule has 3 heterocycles. The van der Waals surface area contributed by atoms with Crippen molar-refractivity contribution >= 4 is 65.0 Å². The van der Waals surface area contributed by atoms with Gasteiger partial charge in [0.15, 0.2) is 0 Å². The Morgan fingerprint density at radius 1 is 0.354 bits per heavy atom. The highest BCUT2D eigenvalue weighted by Gasteiger charge is 2.18. The second-order valence-corrected chi connectivity index (χ2v) is 12.4. The molecule has 0 saturated heterocycles. The molecular formula is C45H27N3. The van der Waals surface area contributed by atoms with Crippen LogP contribution in [0.25, 0.3) is 98.7 Å². The molecule has 0 aliphatic carbocycles. The molecule has 0 unspecified atom stereocenters. The molecule has 0 N–H and O–H groups in total. The lowest BCUT2D eigenvalue weighted by atomic mass is 9.88. The normalized spacial score (nSPS) is 11.8. The van der Waals surface area contributed by atoms with E-state index in [0.717, 1.165) is 66.0 Å². The van der Waals surface area contributed by atoms with Crippen molar-refractivity contribution in [2.75, 3.05) is 0 Å². The lowest BCUT2D eigenvalue weighted by molar-refractivity contribution is 1.28. The number of hydrogen-bond acceptors (Lipinski definition) is 3. The molecular weight excluding hydrogens is 583 g/mol. The highest BCUT2D eigenvalue weighted by Crippen LogP contribution is 2.44. The van der Waals surface area contributed by atoms with E-state index < -0.39 is 0 Å². The van der Waals surface area contributed by atoms with E-state index in [1.807, 2.05) is 30.5 Å². The van der Waals surface area contributed by atoms with Gasteiger partial charge in [0.1, 0.15) is 0 Å². The van der Waals surface area contributed by atoms with Gasteiger partial charge in [-0.3, -0.25) is 4.98 Å². The Bertz CT molecular complexity index is 2800. The topological polar surface area (TPSA) is 38.7 Å². The van der Waals surface area contributed by atoms with Crippen molar-refractivity contribution in [3.63, 3.8) is 0 Å². The van der Waals surface area contributed by atoms with E-state index in [1.165, 1.54) is 32.7 Å². The van der Waals surface area contributed by atoms with Gasteiger partial charge in [-0.05, 0) is 74.6 Å². The van der Waals surface area contributed by atoms with E-state index in [9.17, 15) is 0 Å². The molecule has 0 amide bonds. The molecule has 3 nitrogen and oxygen atoms in total. The Kier molecular flexibility index (Phi) is 5.87. The van der Waals surface area contributed by atoms with Gasteiger partial charge in [-0.2, -0.15) is 0 Å². The van der Waals surface area contributed by atoms with Gasteiger partial charge in [0.05, 0.1) is 27.9 Å². The molecule has 222 valence electrons. The summed E-state index contributed by atoms with van der Waals surface area (Å²) in [6.07, 6.45) is 1.81. The van der Waals surface area contributed by atoms with E-state index in [0.29, 0.717) is 0 Å². The first-order chi connectivity index (χ1) is 23.8. The molecule has 0 atom stereocenters. The number of hydrogen-bond donors (Lipinski definition) is 0. The quantitative estimate of drug-likeness (QED) is 0.148. The Morgan fingerprint density at radius 3 is 1.69 bits per heavy atom. The number of benzene rings is 7. The van der Waals surface area contributed by atoms with Crippen LogP contribution >= 0.6 is 0 Å². The summed E-state index contributed by atoms with van der Waals surface area (Å²) in [7, 11) is 0. The highest BCUT2D eigenvalue weighted by atomic mass is 14.8. The Labute approximate surface area is 276 Å². The lowest BCUT2D eigenvalue weighted by Gasteiger charge is -2.17. The van der Waals surface area contributed by atoms with Crippen LogP contribution in [0.4, 0.5) is 0 Å². The maximum absolute atomic E-state index is 5.43. The van der Waals surface area contributed by atoms with E-state index in [2.05, 4.69) is 138 Å². The van der Waals surface area contributed by atoms with Crippen LogP contribution in [-0.4, -0.2) is 15.0 Å². The fraction of sp³-hybridized carbons (Fsp3) is 0. The molecule has 3 aromatic heterocycles. The van der Waals surface area contributed by atoms with E-state index in [-0.39, 0.29) is 0 Å². The van der Waals surface area contributed by atoms with Crippen LogP contribution in [0.2, 0.25) is 0 Å². The molecule has 0 aliphatic rings. The molecule has 0 fully saturated rings. The van der Waals surface area contributed by atoms with Crippen molar-refractivity contribution in [2.24, 2.45) is 0 Å². The van der Waals surface area contributed by atoms with Gasteiger partial charge in [-0.1, -0.05) is 121 Å². The first kappa shape index (κ1) is 26.7. The minimum absolute atomic E-state index is 0.869. The second-order valence-electron chi connectivity index (χ2n) is 12.4. The predicted octanol–water partition coefficient (Wildman–Crippen LogP) is 11.8. The van der Waals surface area contributed by atoms with Gasteiger partial charge < -0.3 is 0 Å². The fourth-order valence-corrected chi connectivity index (χ4v) is 7.34. The maximum atomic E-state index is 5.43. The third-order valence-corrected chi connectivity index (χ3v) is 9.65. The van der Waals surface area contributed by atoms with E-state index in [4.69, 9.17) is 9.97 Å². The van der Waals surface area contributed by atoms with Crippen LogP contribution in [-0.2, 0) is 0 Å². The predicted molar refractivity (Wildman–Crippen MR) is 201 cm³/mol. The van der Waals surface area contributed by atoms with Gasteiger partial charge in [-0.25, -0.2) is 9.97 Å². The summed E-state index contributed by atoms with van der Waals surface area (Å²) in [5, 5.41) is 10.5. The summed E-state index contributed by atoms with van der Waals surface area (Å²) in [5.41, 5.74) is 9.42. The largest absolute Gasteiger partial charge is 0.255 e. The molecule has 10 aromatic rings. The molecule has 0 aliphatic heterocycles. The van der Waals surface area contributed by atoms with Gasteiger partial charge in [0.25, 0.3) is 0 Å². The van der Waals surface area contributed by atoms with Gasteiger partial charge in [-0.15, -0.1) is 0 Å². The van der Waals surface area contributed by atoms with Crippen molar-refractivity contribution in [3.8, 4) is 33.6 Å². The first-order valence-electron chi connectivity index (χ1n) is 16.3. The number of pyridine rings is 3.